The Hall–Kier alpha value is -4.97. The van der Waals surface area contributed by atoms with E-state index in [2.05, 4.69) is 36.4 Å². The highest BCUT2D eigenvalue weighted by Crippen LogP contribution is 2.29. The van der Waals surface area contributed by atoms with Gasteiger partial charge in [-0.15, -0.1) is 5.10 Å². The molecule has 0 spiro atoms. The third-order valence-electron chi connectivity index (χ3n) is 6.24. The summed E-state index contributed by atoms with van der Waals surface area (Å²) in [6, 6.07) is 19.6. The summed E-state index contributed by atoms with van der Waals surface area (Å²) < 4.78 is 43.1. The normalized spacial score (nSPS) is 11.8. The van der Waals surface area contributed by atoms with Crippen molar-refractivity contribution < 1.29 is 12.8 Å². The number of aromatic nitrogens is 7. The molecule has 0 saturated heterocycles. The lowest BCUT2D eigenvalue weighted by molar-refractivity contribution is 0.582. The van der Waals surface area contributed by atoms with Gasteiger partial charge in [0, 0.05) is 17.1 Å². The van der Waals surface area contributed by atoms with Crippen LogP contribution in [-0.4, -0.2) is 43.4 Å². The number of nitriles is 1. The molecule has 12 nitrogen and oxygen atoms in total. The number of hydrogen-bond acceptors (Lipinski definition) is 7. The number of nitrogens with zero attached hydrogens (tertiary/aromatic N) is 7. The van der Waals surface area contributed by atoms with Crippen LogP contribution in [0.4, 0.5) is 4.39 Å². The molecule has 3 heterocycles. The second-order valence-corrected chi connectivity index (χ2v) is 10.2. The molecule has 0 aliphatic carbocycles. The van der Waals surface area contributed by atoms with Gasteiger partial charge in [0.15, 0.2) is 5.82 Å². The van der Waals surface area contributed by atoms with Crippen molar-refractivity contribution in [2.75, 3.05) is 0 Å². The summed E-state index contributed by atoms with van der Waals surface area (Å²) in [7, 11) is -3.87. The summed E-state index contributed by atoms with van der Waals surface area (Å²) in [4.78, 5) is 0. The second-order valence-electron chi connectivity index (χ2n) is 8.78. The minimum atomic E-state index is -3.87. The highest BCUT2D eigenvalue weighted by molar-refractivity contribution is 7.87. The molecule has 6 rings (SSSR count). The van der Waals surface area contributed by atoms with Gasteiger partial charge >= 0.3 is 0 Å². The molecule has 4 N–H and O–H groups in total. The van der Waals surface area contributed by atoms with Crippen molar-refractivity contribution in [2.24, 2.45) is 5.14 Å². The fourth-order valence-corrected chi connectivity index (χ4v) is 4.72. The number of halogens is 1. The van der Waals surface area contributed by atoms with Crippen molar-refractivity contribution >= 4 is 32.1 Å². The summed E-state index contributed by atoms with van der Waals surface area (Å²) in [5, 5.41) is 34.4. The first kappa shape index (κ1) is 24.4. The lowest BCUT2D eigenvalue weighted by atomic mass is 10.1. The van der Waals surface area contributed by atoms with Crippen LogP contribution in [0.3, 0.4) is 0 Å². The van der Waals surface area contributed by atoms with Crippen LogP contribution in [0, 0.1) is 17.1 Å². The van der Waals surface area contributed by atoms with Gasteiger partial charge in [0.25, 0.3) is 10.2 Å². The predicted octanol–water partition coefficient (Wildman–Crippen LogP) is 2.51. The molecule has 0 radical (unpaired) electrons. The van der Waals surface area contributed by atoms with Gasteiger partial charge in [0.2, 0.25) is 0 Å². The molecule has 0 aliphatic rings. The molecule has 39 heavy (non-hydrogen) atoms. The van der Waals surface area contributed by atoms with E-state index in [9.17, 15) is 8.42 Å². The molecule has 0 fully saturated rings. The Balaban J connectivity index is 1.36. The number of hydrogen-bond donors (Lipinski definition) is 3. The number of aromatic amines is 1. The maximum absolute atomic E-state index is 15.2. The van der Waals surface area contributed by atoms with Gasteiger partial charge in [-0.05, 0) is 54.1 Å². The quantitative estimate of drug-likeness (QED) is 0.278. The SMILES string of the molecule is N#Cc1ccc(Cn2nccc2-c2cc(F)c3nnn(-c4ccc5c(CNS(N)(=O)=O)n[nH]c5c4)c3c2)cc1. The van der Waals surface area contributed by atoms with Gasteiger partial charge in [0.1, 0.15) is 5.52 Å². The minimum Gasteiger partial charge on any atom is -0.277 e. The van der Waals surface area contributed by atoms with Gasteiger partial charge in [-0.2, -0.15) is 28.6 Å². The van der Waals surface area contributed by atoms with Gasteiger partial charge < -0.3 is 0 Å². The van der Waals surface area contributed by atoms with E-state index >= 15 is 4.39 Å². The van der Waals surface area contributed by atoms with E-state index in [1.807, 2.05) is 12.1 Å². The predicted molar refractivity (Wildman–Crippen MR) is 140 cm³/mol. The van der Waals surface area contributed by atoms with Crippen molar-refractivity contribution in [3.05, 3.63) is 89.5 Å². The Labute approximate surface area is 220 Å². The lowest BCUT2D eigenvalue weighted by Crippen LogP contribution is -2.30. The van der Waals surface area contributed by atoms with E-state index in [0.717, 1.165) is 5.56 Å². The van der Waals surface area contributed by atoms with E-state index in [1.165, 1.54) is 10.7 Å². The molecule has 194 valence electrons. The van der Waals surface area contributed by atoms with Gasteiger partial charge in [-0.25, -0.2) is 14.2 Å². The molecule has 0 aliphatic heterocycles. The highest BCUT2D eigenvalue weighted by Gasteiger charge is 2.17. The number of H-pyrrole nitrogens is 1. The summed E-state index contributed by atoms with van der Waals surface area (Å²) in [5.74, 6) is -0.529. The molecule has 0 bridgehead atoms. The van der Waals surface area contributed by atoms with Crippen LogP contribution in [0.15, 0.2) is 66.9 Å². The Bertz CT molecular complexity index is 2000. The number of nitrogens with two attached hydrogens (primary N) is 1. The standard InChI is InChI=1S/C25H19FN10O2S/c26-20-9-17(23-7-8-29-35(23)14-16-3-1-15(12-27)2-4-16)10-24-25(20)33-34-36(24)18-5-6-19-21(11-18)31-32-22(19)13-30-39(28,37)38/h1-11,30H,13-14H2,(H,31,32)(H2,28,37,38). The Kier molecular flexibility index (Phi) is 5.88. The number of rotatable bonds is 7. The van der Waals surface area contributed by atoms with Crippen LogP contribution in [0.2, 0.25) is 0 Å². The second kappa shape index (κ2) is 9.40. The molecule has 3 aromatic heterocycles. The van der Waals surface area contributed by atoms with Crippen LogP contribution in [0.25, 0.3) is 38.9 Å². The van der Waals surface area contributed by atoms with Gasteiger partial charge in [-0.3, -0.25) is 9.78 Å². The van der Waals surface area contributed by atoms with Crippen LogP contribution < -0.4 is 9.86 Å². The molecule has 0 amide bonds. The zero-order valence-corrected chi connectivity index (χ0v) is 20.9. The van der Waals surface area contributed by atoms with Crippen molar-refractivity contribution in [3.8, 4) is 23.0 Å². The maximum Gasteiger partial charge on any atom is 0.274 e. The van der Waals surface area contributed by atoms with E-state index in [1.54, 1.807) is 53.3 Å². The van der Waals surface area contributed by atoms with Crippen LogP contribution in [-0.2, 0) is 23.3 Å². The number of nitrogens with one attached hydrogen (secondary N) is 2. The van der Waals surface area contributed by atoms with E-state index in [-0.39, 0.29) is 12.1 Å². The van der Waals surface area contributed by atoms with Crippen molar-refractivity contribution in [1.82, 2.24) is 39.7 Å². The maximum atomic E-state index is 15.2. The number of fused-ring (bicyclic) bond motifs is 2. The lowest BCUT2D eigenvalue weighted by Gasteiger charge is -2.09. The zero-order chi connectivity index (χ0) is 27.1. The minimum absolute atomic E-state index is 0.0742. The molecule has 14 heteroatoms. The Morgan fingerprint density at radius 3 is 2.69 bits per heavy atom. The van der Waals surface area contributed by atoms with Crippen molar-refractivity contribution in [2.45, 2.75) is 13.1 Å². The van der Waals surface area contributed by atoms with Crippen molar-refractivity contribution in [3.63, 3.8) is 0 Å². The average Bonchev–Trinajstić information content (AvgIpc) is 3.65. The van der Waals surface area contributed by atoms with Crippen LogP contribution >= 0.6 is 0 Å². The summed E-state index contributed by atoms with van der Waals surface area (Å²) in [6.07, 6.45) is 1.64. The molecule has 6 aromatic rings. The molecule has 0 atom stereocenters. The first-order valence-electron chi connectivity index (χ1n) is 11.6. The van der Waals surface area contributed by atoms with Crippen LogP contribution in [0.1, 0.15) is 16.8 Å². The van der Waals surface area contributed by atoms with Crippen molar-refractivity contribution in [1.29, 1.82) is 5.26 Å². The molecule has 0 saturated carbocycles. The first-order valence-corrected chi connectivity index (χ1v) is 13.1. The fraction of sp³-hybridized carbons (Fsp3) is 0.0800. The molecule has 3 aromatic carbocycles. The monoisotopic (exact) mass is 542 g/mol. The van der Waals surface area contributed by atoms with E-state index in [4.69, 9.17) is 10.4 Å². The summed E-state index contributed by atoms with van der Waals surface area (Å²) >= 11 is 0. The summed E-state index contributed by atoms with van der Waals surface area (Å²) in [5.41, 5.74) is 5.05. The summed E-state index contributed by atoms with van der Waals surface area (Å²) in [6.45, 7) is 0.361. The van der Waals surface area contributed by atoms with E-state index in [0.29, 0.717) is 51.2 Å². The third-order valence-corrected chi connectivity index (χ3v) is 6.79. The first-order chi connectivity index (χ1) is 18.8. The molecule has 0 unspecified atom stereocenters. The Morgan fingerprint density at radius 1 is 1.10 bits per heavy atom. The van der Waals surface area contributed by atoms with Crippen LogP contribution in [0.5, 0.6) is 0 Å². The average molecular weight is 543 g/mol. The van der Waals surface area contributed by atoms with Gasteiger partial charge in [0.05, 0.1) is 52.8 Å². The number of benzene rings is 3. The van der Waals surface area contributed by atoms with Gasteiger partial charge in [-0.1, -0.05) is 17.3 Å². The smallest absolute Gasteiger partial charge is 0.274 e. The fourth-order valence-electron chi connectivity index (χ4n) is 4.38. The highest BCUT2D eigenvalue weighted by atomic mass is 32.2. The zero-order valence-electron chi connectivity index (χ0n) is 20.1. The molecular weight excluding hydrogens is 523 g/mol. The Morgan fingerprint density at radius 2 is 1.92 bits per heavy atom. The van der Waals surface area contributed by atoms with E-state index < -0.39 is 16.0 Å². The molecular formula is C25H19FN10O2S. The largest absolute Gasteiger partial charge is 0.277 e. The third kappa shape index (κ3) is 4.73. The topological polar surface area (TPSA) is 173 Å².